The SMILES string of the molecule is CCCCCCCN1C(=O)/C(=C/c2c(N3C[C@H](C)C[C@@H](C)C3)nc3ccccn3c2=O)SC1=S. The Hall–Kier alpha value is -2.19. The fraction of sp³-hybridized carbons (Fsp3) is 0.538. The number of aromatic nitrogens is 2. The minimum absolute atomic E-state index is 0.102. The van der Waals surface area contributed by atoms with Crippen LogP contribution in [-0.2, 0) is 4.79 Å². The van der Waals surface area contributed by atoms with Crippen LogP contribution in [0, 0.1) is 11.8 Å². The summed E-state index contributed by atoms with van der Waals surface area (Å²) in [4.78, 5) is 36.1. The summed E-state index contributed by atoms with van der Waals surface area (Å²) in [6.45, 7) is 8.99. The first-order chi connectivity index (χ1) is 16.4. The van der Waals surface area contributed by atoms with Gasteiger partial charge in [0.2, 0.25) is 0 Å². The summed E-state index contributed by atoms with van der Waals surface area (Å²) in [6.07, 6.45) is 10.2. The van der Waals surface area contributed by atoms with Crippen LogP contribution in [0.25, 0.3) is 11.7 Å². The Morgan fingerprint density at radius 1 is 1.12 bits per heavy atom. The van der Waals surface area contributed by atoms with Crippen molar-refractivity contribution in [2.45, 2.75) is 59.3 Å². The van der Waals surface area contributed by atoms with Crippen molar-refractivity contribution in [3.63, 3.8) is 0 Å². The first-order valence-corrected chi connectivity index (χ1v) is 13.6. The number of unbranched alkanes of at least 4 members (excludes halogenated alkanes) is 4. The van der Waals surface area contributed by atoms with Gasteiger partial charge in [-0.15, -0.1) is 0 Å². The normalized spacial score (nSPS) is 22.4. The Bertz CT molecular complexity index is 1150. The van der Waals surface area contributed by atoms with Crippen LogP contribution in [0.15, 0.2) is 34.1 Å². The van der Waals surface area contributed by atoms with Gasteiger partial charge in [-0.1, -0.05) is 76.5 Å². The van der Waals surface area contributed by atoms with Crippen LogP contribution >= 0.6 is 24.0 Å². The summed E-state index contributed by atoms with van der Waals surface area (Å²) in [5.41, 5.74) is 0.926. The minimum atomic E-state index is -0.156. The topological polar surface area (TPSA) is 57.9 Å². The highest BCUT2D eigenvalue weighted by molar-refractivity contribution is 8.26. The molecule has 34 heavy (non-hydrogen) atoms. The number of carbonyl (C=O) groups excluding carboxylic acids is 1. The predicted molar refractivity (Wildman–Crippen MR) is 145 cm³/mol. The molecule has 0 radical (unpaired) electrons. The second-order valence-corrected chi connectivity index (χ2v) is 11.4. The number of pyridine rings is 1. The number of fused-ring (bicyclic) bond motifs is 1. The molecular formula is C26H34N4O2S2. The van der Waals surface area contributed by atoms with Crippen LogP contribution in [0.1, 0.15) is 64.9 Å². The molecule has 0 bridgehead atoms. The lowest BCUT2D eigenvalue weighted by Crippen LogP contribution is -2.40. The molecule has 0 aromatic carbocycles. The standard InChI is InChI=1S/C26H34N4O2S2/c1-4-5-6-7-9-13-30-25(32)21(34-26(30)33)15-20-23(28-16-18(2)14-19(3)17-28)27-22-11-8-10-12-29(22)24(20)31/h8,10-12,15,18-19H,4-7,9,13-14,16-17H2,1-3H3/b21-15-/t18-,19-/m1/s1. The molecule has 6 nitrogen and oxygen atoms in total. The number of rotatable bonds is 8. The molecule has 2 aliphatic rings. The Morgan fingerprint density at radius 2 is 1.85 bits per heavy atom. The maximum atomic E-state index is 13.6. The first-order valence-electron chi connectivity index (χ1n) is 12.4. The number of anilines is 1. The van der Waals surface area contributed by atoms with Crippen molar-refractivity contribution in [3.8, 4) is 0 Å². The average molecular weight is 499 g/mol. The van der Waals surface area contributed by atoms with Gasteiger partial charge in [0.05, 0.1) is 10.5 Å². The van der Waals surface area contributed by atoms with Crippen molar-refractivity contribution in [2.24, 2.45) is 11.8 Å². The molecule has 0 aliphatic carbocycles. The van der Waals surface area contributed by atoms with E-state index in [0.29, 0.717) is 44.6 Å². The van der Waals surface area contributed by atoms with Crippen LogP contribution in [0.3, 0.4) is 0 Å². The van der Waals surface area contributed by atoms with E-state index in [2.05, 4.69) is 25.7 Å². The number of carbonyl (C=O) groups is 1. The molecule has 2 fully saturated rings. The summed E-state index contributed by atoms with van der Waals surface area (Å²) in [5.74, 6) is 1.59. The van der Waals surface area contributed by atoms with E-state index in [-0.39, 0.29) is 11.5 Å². The number of piperidine rings is 1. The lowest BCUT2D eigenvalue weighted by atomic mass is 9.91. The molecule has 4 heterocycles. The van der Waals surface area contributed by atoms with Gasteiger partial charge < -0.3 is 4.90 Å². The van der Waals surface area contributed by atoms with E-state index in [4.69, 9.17) is 17.2 Å². The van der Waals surface area contributed by atoms with Crippen LogP contribution in [0.4, 0.5) is 5.82 Å². The number of amides is 1. The fourth-order valence-corrected chi connectivity index (χ4v) is 6.28. The van der Waals surface area contributed by atoms with E-state index in [1.54, 1.807) is 21.6 Å². The molecule has 182 valence electrons. The van der Waals surface area contributed by atoms with Gasteiger partial charge in [0.25, 0.3) is 11.5 Å². The Kier molecular flexibility index (Phi) is 8.09. The molecule has 0 saturated carbocycles. The molecule has 8 heteroatoms. The zero-order valence-electron chi connectivity index (χ0n) is 20.3. The third-order valence-electron chi connectivity index (χ3n) is 6.55. The van der Waals surface area contributed by atoms with Crippen LogP contribution in [0.5, 0.6) is 0 Å². The van der Waals surface area contributed by atoms with Crippen molar-refractivity contribution >= 4 is 51.7 Å². The Labute approximate surface area is 211 Å². The van der Waals surface area contributed by atoms with Crippen molar-refractivity contribution < 1.29 is 4.79 Å². The van der Waals surface area contributed by atoms with Crippen LogP contribution < -0.4 is 10.5 Å². The molecular weight excluding hydrogens is 464 g/mol. The van der Waals surface area contributed by atoms with Gasteiger partial charge in [-0.05, 0) is 42.9 Å². The molecule has 2 aliphatic heterocycles. The van der Waals surface area contributed by atoms with Crippen molar-refractivity contribution in [1.29, 1.82) is 0 Å². The van der Waals surface area contributed by atoms with Crippen LogP contribution in [-0.4, -0.2) is 44.1 Å². The maximum absolute atomic E-state index is 13.6. The molecule has 2 aromatic heterocycles. The molecule has 0 spiro atoms. The van der Waals surface area contributed by atoms with E-state index in [1.807, 2.05) is 18.2 Å². The summed E-state index contributed by atoms with van der Waals surface area (Å²) in [5, 5.41) is 0. The fourth-order valence-electron chi connectivity index (χ4n) is 4.99. The highest BCUT2D eigenvalue weighted by Crippen LogP contribution is 2.34. The number of hydrogen-bond donors (Lipinski definition) is 0. The van der Waals surface area contributed by atoms with E-state index in [1.165, 1.54) is 31.0 Å². The quantitative estimate of drug-likeness (QED) is 0.278. The van der Waals surface area contributed by atoms with Crippen molar-refractivity contribution in [2.75, 3.05) is 24.5 Å². The highest BCUT2D eigenvalue weighted by atomic mass is 32.2. The van der Waals surface area contributed by atoms with Gasteiger partial charge in [0, 0.05) is 25.8 Å². The summed E-state index contributed by atoms with van der Waals surface area (Å²) in [6, 6.07) is 5.56. The van der Waals surface area contributed by atoms with Crippen LogP contribution in [0.2, 0.25) is 0 Å². The number of nitrogens with zero attached hydrogens (tertiary/aromatic N) is 4. The van der Waals surface area contributed by atoms with Gasteiger partial charge in [-0.25, -0.2) is 4.98 Å². The average Bonchev–Trinajstić information content (AvgIpc) is 3.07. The van der Waals surface area contributed by atoms with Gasteiger partial charge >= 0.3 is 0 Å². The molecule has 0 N–H and O–H groups in total. The lowest BCUT2D eigenvalue weighted by molar-refractivity contribution is -0.122. The van der Waals surface area contributed by atoms with Gasteiger partial charge in [0.1, 0.15) is 15.8 Å². The Morgan fingerprint density at radius 3 is 2.59 bits per heavy atom. The molecule has 4 rings (SSSR count). The van der Waals surface area contributed by atoms with Gasteiger partial charge in [-0.3, -0.25) is 18.9 Å². The van der Waals surface area contributed by atoms with Gasteiger partial charge in [-0.2, -0.15) is 0 Å². The summed E-state index contributed by atoms with van der Waals surface area (Å²) < 4.78 is 2.13. The number of thiocarbonyl (C=S) groups is 1. The first kappa shape index (κ1) is 24.9. The van der Waals surface area contributed by atoms with E-state index in [9.17, 15) is 9.59 Å². The molecule has 2 saturated heterocycles. The van der Waals surface area contributed by atoms with E-state index in [0.717, 1.165) is 32.4 Å². The maximum Gasteiger partial charge on any atom is 0.267 e. The zero-order valence-corrected chi connectivity index (χ0v) is 22.0. The van der Waals surface area contributed by atoms with Crippen molar-refractivity contribution in [1.82, 2.24) is 14.3 Å². The highest BCUT2D eigenvalue weighted by Gasteiger charge is 2.33. The second-order valence-electron chi connectivity index (χ2n) is 9.68. The largest absolute Gasteiger partial charge is 0.355 e. The number of thioether (sulfide) groups is 1. The predicted octanol–water partition coefficient (Wildman–Crippen LogP) is 5.35. The molecule has 0 unspecified atom stereocenters. The van der Waals surface area contributed by atoms with Gasteiger partial charge in [0.15, 0.2) is 0 Å². The molecule has 2 aromatic rings. The zero-order chi connectivity index (χ0) is 24.2. The Balaban J connectivity index is 1.68. The summed E-state index contributed by atoms with van der Waals surface area (Å²) >= 11 is 6.82. The summed E-state index contributed by atoms with van der Waals surface area (Å²) in [7, 11) is 0. The molecule has 1 amide bonds. The van der Waals surface area contributed by atoms with E-state index < -0.39 is 0 Å². The monoisotopic (exact) mass is 498 g/mol. The third-order valence-corrected chi connectivity index (χ3v) is 7.93. The second kappa shape index (κ2) is 11.0. The minimum Gasteiger partial charge on any atom is -0.355 e. The number of hydrogen-bond acceptors (Lipinski definition) is 6. The smallest absolute Gasteiger partial charge is 0.267 e. The van der Waals surface area contributed by atoms with E-state index >= 15 is 0 Å². The molecule has 2 atom stereocenters. The third kappa shape index (κ3) is 5.38. The van der Waals surface area contributed by atoms with Crippen molar-refractivity contribution in [3.05, 3.63) is 45.2 Å². The lowest BCUT2D eigenvalue weighted by Gasteiger charge is -2.36.